The molecule has 6 aromatic carbocycles. The Bertz CT molecular complexity index is 2720. The zero-order chi connectivity index (χ0) is 31.3. The molecule has 0 amide bonds. The second kappa shape index (κ2) is 9.47. The third-order valence-corrected chi connectivity index (χ3v) is 9.88. The van der Waals surface area contributed by atoms with Gasteiger partial charge in [-0.2, -0.15) is 9.97 Å². The number of aromatic nitrogens is 4. The maximum Gasteiger partial charge on any atom is 0.238 e. The number of benzene rings is 6. The molecule has 0 unspecified atom stereocenters. The van der Waals surface area contributed by atoms with Gasteiger partial charge in [0.05, 0.1) is 11.0 Å². The van der Waals surface area contributed by atoms with E-state index in [0.29, 0.717) is 17.6 Å². The van der Waals surface area contributed by atoms with Gasteiger partial charge >= 0.3 is 0 Å². The Morgan fingerprint density at radius 1 is 0.511 bits per heavy atom. The molecule has 5 heteroatoms. The molecule has 0 radical (unpaired) electrons. The van der Waals surface area contributed by atoms with Gasteiger partial charge in [-0.1, -0.05) is 123 Å². The Morgan fingerprint density at radius 3 is 2.11 bits per heavy atom. The molecule has 222 valence electrons. The van der Waals surface area contributed by atoms with Gasteiger partial charge in [0.15, 0.2) is 11.6 Å². The van der Waals surface area contributed by atoms with Crippen molar-refractivity contribution in [2.75, 3.05) is 0 Å². The fourth-order valence-corrected chi connectivity index (χ4v) is 7.73. The highest BCUT2D eigenvalue weighted by Crippen LogP contribution is 2.51. The summed E-state index contributed by atoms with van der Waals surface area (Å²) in [5, 5.41) is 4.45. The molecular weight excluding hydrogens is 576 g/mol. The van der Waals surface area contributed by atoms with Gasteiger partial charge in [0.25, 0.3) is 0 Å². The molecule has 0 fully saturated rings. The standard InChI is InChI=1S/C42H28N4O/c1-42(2)30-19-9-6-15-26(30)36-29(18-12-20-31(36)42)40-43-39(25-13-4-3-5-14-25)44-41(45-40)46-32-21-10-7-16-27(32)37-33(46)23-24-35-38(37)28-17-8-11-22-34(28)47-35/h3-24H,1-2H3. The van der Waals surface area contributed by atoms with Crippen LogP contribution in [0.25, 0.3) is 83.6 Å². The summed E-state index contributed by atoms with van der Waals surface area (Å²) in [4.78, 5) is 15.7. The molecule has 0 saturated heterocycles. The van der Waals surface area contributed by atoms with Crippen molar-refractivity contribution >= 4 is 43.7 Å². The minimum atomic E-state index is -0.133. The van der Waals surface area contributed by atoms with Gasteiger partial charge in [0.1, 0.15) is 11.2 Å². The average Bonchev–Trinajstić information content (AvgIpc) is 3.74. The molecule has 5 nitrogen and oxygen atoms in total. The van der Waals surface area contributed by atoms with Crippen LogP contribution in [-0.4, -0.2) is 19.5 Å². The van der Waals surface area contributed by atoms with E-state index >= 15 is 0 Å². The average molecular weight is 605 g/mol. The van der Waals surface area contributed by atoms with Crippen molar-refractivity contribution < 1.29 is 4.42 Å². The lowest BCUT2D eigenvalue weighted by molar-refractivity contribution is 0.660. The third-order valence-electron chi connectivity index (χ3n) is 9.88. The van der Waals surface area contributed by atoms with Gasteiger partial charge in [0.2, 0.25) is 5.95 Å². The third kappa shape index (κ3) is 3.62. The summed E-state index contributed by atoms with van der Waals surface area (Å²) >= 11 is 0. The van der Waals surface area contributed by atoms with E-state index in [-0.39, 0.29) is 5.41 Å². The molecule has 10 rings (SSSR count). The van der Waals surface area contributed by atoms with Gasteiger partial charge in [-0.25, -0.2) is 4.98 Å². The first-order valence-corrected chi connectivity index (χ1v) is 16.0. The largest absolute Gasteiger partial charge is 0.456 e. The molecule has 3 heterocycles. The monoisotopic (exact) mass is 604 g/mol. The van der Waals surface area contributed by atoms with Crippen molar-refractivity contribution in [2.45, 2.75) is 19.3 Å². The first-order chi connectivity index (χ1) is 23.1. The Kier molecular flexibility index (Phi) is 5.28. The van der Waals surface area contributed by atoms with Gasteiger partial charge < -0.3 is 4.42 Å². The van der Waals surface area contributed by atoms with Crippen LogP contribution in [0.5, 0.6) is 0 Å². The SMILES string of the molecule is CC1(C)c2ccccc2-c2c(-c3nc(-c4ccccc4)nc(-n4c5ccccc5c5c6c(ccc54)oc4ccccc46)n3)cccc21. The molecule has 9 aromatic rings. The Labute approximate surface area is 270 Å². The lowest BCUT2D eigenvalue weighted by Gasteiger charge is -2.21. The van der Waals surface area contributed by atoms with E-state index < -0.39 is 0 Å². The summed E-state index contributed by atoms with van der Waals surface area (Å²) in [6, 6.07) is 46.4. The molecular formula is C42H28N4O. The summed E-state index contributed by atoms with van der Waals surface area (Å²) in [6.07, 6.45) is 0. The van der Waals surface area contributed by atoms with Crippen molar-refractivity contribution in [2.24, 2.45) is 0 Å². The Balaban J connectivity index is 1.31. The molecule has 0 saturated carbocycles. The minimum absolute atomic E-state index is 0.133. The van der Waals surface area contributed by atoms with Crippen LogP contribution in [0.2, 0.25) is 0 Å². The number of hydrogen-bond donors (Lipinski definition) is 0. The van der Waals surface area contributed by atoms with E-state index in [4.69, 9.17) is 19.4 Å². The predicted octanol–water partition coefficient (Wildman–Crippen LogP) is 10.5. The molecule has 3 aromatic heterocycles. The van der Waals surface area contributed by atoms with E-state index in [1.165, 1.54) is 22.3 Å². The summed E-state index contributed by atoms with van der Waals surface area (Å²) in [7, 11) is 0. The number of furan rings is 1. The van der Waals surface area contributed by atoms with Crippen LogP contribution >= 0.6 is 0 Å². The van der Waals surface area contributed by atoms with Gasteiger partial charge in [-0.3, -0.25) is 4.57 Å². The van der Waals surface area contributed by atoms with E-state index in [1.54, 1.807) is 0 Å². The van der Waals surface area contributed by atoms with Crippen molar-refractivity contribution in [3.8, 4) is 39.9 Å². The summed E-state index contributed by atoms with van der Waals surface area (Å²) in [5.41, 5.74) is 10.6. The van der Waals surface area contributed by atoms with Gasteiger partial charge in [-0.05, 0) is 46.5 Å². The highest BCUT2D eigenvalue weighted by Gasteiger charge is 2.37. The minimum Gasteiger partial charge on any atom is -0.456 e. The fourth-order valence-electron chi connectivity index (χ4n) is 7.73. The Hall–Kier alpha value is -6.07. The summed E-state index contributed by atoms with van der Waals surface area (Å²) < 4.78 is 8.50. The molecule has 0 aliphatic heterocycles. The zero-order valence-electron chi connectivity index (χ0n) is 25.9. The van der Waals surface area contributed by atoms with Crippen LogP contribution in [0.1, 0.15) is 25.0 Å². The Morgan fingerprint density at radius 2 is 1.21 bits per heavy atom. The van der Waals surface area contributed by atoms with Crippen LogP contribution in [0, 0.1) is 0 Å². The molecule has 0 spiro atoms. The smallest absolute Gasteiger partial charge is 0.238 e. The topological polar surface area (TPSA) is 56.7 Å². The van der Waals surface area contributed by atoms with Crippen molar-refractivity contribution in [1.29, 1.82) is 0 Å². The highest BCUT2D eigenvalue weighted by atomic mass is 16.3. The molecule has 1 aliphatic carbocycles. The maximum absolute atomic E-state index is 6.32. The molecule has 47 heavy (non-hydrogen) atoms. The fraction of sp³-hybridized carbons (Fsp3) is 0.0714. The van der Waals surface area contributed by atoms with E-state index in [1.807, 2.05) is 30.3 Å². The number of para-hydroxylation sites is 2. The number of nitrogens with zero attached hydrogens (tertiary/aromatic N) is 4. The molecule has 0 N–H and O–H groups in total. The van der Waals surface area contributed by atoms with E-state index in [2.05, 4.69) is 122 Å². The van der Waals surface area contributed by atoms with Crippen LogP contribution in [-0.2, 0) is 5.41 Å². The molecule has 1 aliphatic rings. The van der Waals surface area contributed by atoms with Gasteiger partial charge in [-0.15, -0.1) is 0 Å². The van der Waals surface area contributed by atoms with Crippen molar-refractivity contribution in [3.63, 3.8) is 0 Å². The first kappa shape index (κ1) is 26.2. The number of hydrogen-bond acceptors (Lipinski definition) is 4. The summed E-state index contributed by atoms with van der Waals surface area (Å²) in [5.74, 6) is 1.86. The van der Waals surface area contributed by atoms with Crippen LogP contribution in [0.15, 0.2) is 138 Å². The van der Waals surface area contributed by atoms with E-state index in [0.717, 1.165) is 54.9 Å². The lowest BCUT2D eigenvalue weighted by atomic mass is 9.82. The molecule has 0 atom stereocenters. The second-order valence-electron chi connectivity index (χ2n) is 12.8. The zero-order valence-corrected chi connectivity index (χ0v) is 25.9. The van der Waals surface area contributed by atoms with Crippen molar-refractivity contribution in [3.05, 3.63) is 145 Å². The predicted molar refractivity (Wildman–Crippen MR) is 190 cm³/mol. The van der Waals surface area contributed by atoms with E-state index in [9.17, 15) is 0 Å². The van der Waals surface area contributed by atoms with Crippen molar-refractivity contribution in [1.82, 2.24) is 19.5 Å². The van der Waals surface area contributed by atoms with Gasteiger partial charge in [0, 0.05) is 38.1 Å². The highest BCUT2D eigenvalue weighted by molar-refractivity contribution is 6.27. The normalized spacial score (nSPS) is 13.5. The summed E-state index contributed by atoms with van der Waals surface area (Å²) in [6.45, 7) is 4.60. The number of rotatable bonds is 3. The quantitative estimate of drug-likeness (QED) is 0.201. The van der Waals surface area contributed by atoms with Crippen LogP contribution in [0.4, 0.5) is 0 Å². The van der Waals surface area contributed by atoms with Crippen LogP contribution < -0.4 is 0 Å². The van der Waals surface area contributed by atoms with Crippen LogP contribution in [0.3, 0.4) is 0 Å². The first-order valence-electron chi connectivity index (χ1n) is 16.0. The second-order valence-corrected chi connectivity index (χ2v) is 12.8. The maximum atomic E-state index is 6.32. The lowest BCUT2D eigenvalue weighted by Crippen LogP contribution is -2.14. The number of fused-ring (bicyclic) bond motifs is 10. The molecule has 0 bridgehead atoms.